The van der Waals surface area contributed by atoms with Crippen LogP contribution in [0.15, 0.2) is 42.5 Å². The lowest BCUT2D eigenvalue weighted by Crippen LogP contribution is -2.46. The normalized spacial score (nSPS) is 15.6. The molecule has 1 aliphatic rings. The van der Waals surface area contributed by atoms with Gasteiger partial charge in [0, 0.05) is 19.0 Å². The maximum atomic E-state index is 6.21. The number of benzene rings is 2. The molecule has 1 atom stereocenters. The summed E-state index contributed by atoms with van der Waals surface area (Å²) in [6.07, 6.45) is -0.0104. The molecule has 1 aliphatic heterocycles. The molecule has 2 aromatic rings. The lowest BCUT2D eigenvalue weighted by Gasteiger charge is -2.35. The highest BCUT2D eigenvalue weighted by Crippen LogP contribution is 2.34. The first-order valence-electron chi connectivity index (χ1n) is 7.02. The van der Waals surface area contributed by atoms with Crippen molar-refractivity contribution < 1.29 is 4.74 Å². The standard InChI is InChI=1S/C17H17Cl2NO.ClH/c1-11-2-5-14(6-3-11)21-17(13-9-20-10-13)12-4-7-15(18)16(19)8-12;/h2-8,13,17,20H,9-10H2,1H3;1H/t17-;/m0./s1. The summed E-state index contributed by atoms with van der Waals surface area (Å²) in [6, 6.07) is 13.8. The molecular weight excluding hydrogens is 341 g/mol. The fourth-order valence-corrected chi connectivity index (χ4v) is 2.72. The molecule has 2 nitrogen and oxygen atoms in total. The summed E-state index contributed by atoms with van der Waals surface area (Å²) in [5, 5.41) is 4.43. The Morgan fingerprint density at radius 2 is 1.73 bits per heavy atom. The van der Waals surface area contributed by atoms with Gasteiger partial charge in [0.2, 0.25) is 0 Å². The van der Waals surface area contributed by atoms with Gasteiger partial charge in [-0.05, 0) is 36.8 Å². The quantitative estimate of drug-likeness (QED) is 0.824. The van der Waals surface area contributed by atoms with Crippen LogP contribution in [0, 0.1) is 12.8 Å². The maximum Gasteiger partial charge on any atom is 0.129 e. The first-order chi connectivity index (χ1) is 10.1. The Hall–Kier alpha value is -0.930. The number of hydrogen-bond donors (Lipinski definition) is 1. The smallest absolute Gasteiger partial charge is 0.129 e. The molecule has 22 heavy (non-hydrogen) atoms. The second kappa shape index (κ2) is 7.56. The van der Waals surface area contributed by atoms with E-state index in [0.29, 0.717) is 16.0 Å². The largest absolute Gasteiger partial charge is 0.485 e. The SMILES string of the molecule is Cc1ccc(O[C@@H](c2ccc(Cl)c(Cl)c2)C2CNC2)cc1.Cl. The fraction of sp³-hybridized carbons (Fsp3) is 0.294. The molecule has 118 valence electrons. The van der Waals surface area contributed by atoms with Crippen molar-refractivity contribution in [3.63, 3.8) is 0 Å². The van der Waals surface area contributed by atoms with Crippen LogP contribution in [0.1, 0.15) is 17.2 Å². The molecular formula is C17H18Cl3NO. The molecule has 3 rings (SSSR count). The third-order valence-corrected chi connectivity index (χ3v) is 4.54. The van der Waals surface area contributed by atoms with Gasteiger partial charge in [0.05, 0.1) is 10.0 Å². The molecule has 0 spiro atoms. The van der Waals surface area contributed by atoms with E-state index in [1.807, 2.05) is 30.3 Å². The van der Waals surface area contributed by atoms with Crippen LogP contribution in [0.3, 0.4) is 0 Å². The van der Waals surface area contributed by atoms with Gasteiger partial charge in [-0.1, -0.05) is 47.0 Å². The summed E-state index contributed by atoms with van der Waals surface area (Å²) in [5.74, 6) is 1.33. The minimum Gasteiger partial charge on any atom is -0.485 e. The predicted octanol–water partition coefficient (Wildman–Crippen LogP) is 5.06. The summed E-state index contributed by atoms with van der Waals surface area (Å²) >= 11 is 12.1. The number of rotatable bonds is 4. The van der Waals surface area contributed by atoms with E-state index >= 15 is 0 Å². The van der Waals surface area contributed by atoms with E-state index in [0.717, 1.165) is 24.4 Å². The lowest BCUT2D eigenvalue weighted by molar-refractivity contribution is 0.0993. The van der Waals surface area contributed by atoms with E-state index in [9.17, 15) is 0 Å². The van der Waals surface area contributed by atoms with Gasteiger partial charge in [0.15, 0.2) is 0 Å². The monoisotopic (exact) mass is 357 g/mol. The molecule has 0 radical (unpaired) electrons. The van der Waals surface area contributed by atoms with E-state index < -0.39 is 0 Å². The number of hydrogen-bond acceptors (Lipinski definition) is 2. The van der Waals surface area contributed by atoms with Crippen molar-refractivity contribution in [2.24, 2.45) is 5.92 Å². The third kappa shape index (κ3) is 3.88. The van der Waals surface area contributed by atoms with Crippen molar-refractivity contribution in [1.82, 2.24) is 5.32 Å². The molecule has 2 aromatic carbocycles. The number of halogens is 3. The van der Waals surface area contributed by atoms with E-state index in [2.05, 4.69) is 24.4 Å². The fourth-order valence-electron chi connectivity index (χ4n) is 2.41. The number of nitrogens with one attached hydrogen (secondary N) is 1. The van der Waals surface area contributed by atoms with Gasteiger partial charge in [0.1, 0.15) is 11.9 Å². The predicted molar refractivity (Wildman–Crippen MR) is 94.6 cm³/mol. The zero-order chi connectivity index (χ0) is 14.8. The Labute approximate surface area is 147 Å². The van der Waals surface area contributed by atoms with Crippen LogP contribution in [0.2, 0.25) is 10.0 Å². The summed E-state index contributed by atoms with van der Waals surface area (Å²) in [5.41, 5.74) is 2.29. The van der Waals surface area contributed by atoms with Crippen LogP contribution in [0.4, 0.5) is 0 Å². The maximum absolute atomic E-state index is 6.21. The highest BCUT2D eigenvalue weighted by molar-refractivity contribution is 6.42. The molecule has 1 saturated heterocycles. The molecule has 0 saturated carbocycles. The first-order valence-corrected chi connectivity index (χ1v) is 7.78. The van der Waals surface area contributed by atoms with Crippen molar-refractivity contribution in [3.05, 3.63) is 63.6 Å². The van der Waals surface area contributed by atoms with Crippen LogP contribution >= 0.6 is 35.6 Å². The van der Waals surface area contributed by atoms with Crippen LogP contribution in [0.25, 0.3) is 0 Å². The molecule has 1 N–H and O–H groups in total. The van der Waals surface area contributed by atoms with Gasteiger partial charge in [-0.3, -0.25) is 0 Å². The van der Waals surface area contributed by atoms with Gasteiger partial charge in [-0.15, -0.1) is 12.4 Å². The first kappa shape index (κ1) is 17.4. The molecule has 5 heteroatoms. The van der Waals surface area contributed by atoms with Gasteiger partial charge in [0.25, 0.3) is 0 Å². The Kier molecular flexibility index (Phi) is 5.99. The average Bonchev–Trinajstić information content (AvgIpc) is 2.41. The summed E-state index contributed by atoms with van der Waals surface area (Å²) in [4.78, 5) is 0. The number of aryl methyl sites for hydroxylation is 1. The minimum atomic E-state index is -0.0104. The van der Waals surface area contributed by atoms with Crippen molar-refractivity contribution in [2.75, 3.05) is 13.1 Å². The highest BCUT2D eigenvalue weighted by Gasteiger charge is 2.30. The van der Waals surface area contributed by atoms with Crippen LogP contribution in [0.5, 0.6) is 5.75 Å². The van der Waals surface area contributed by atoms with Crippen LogP contribution in [-0.2, 0) is 0 Å². The minimum absolute atomic E-state index is 0. The van der Waals surface area contributed by atoms with Crippen molar-refractivity contribution >= 4 is 35.6 Å². The summed E-state index contributed by atoms with van der Waals surface area (Å²) in [6.45, 7) is 3.98. The number of ether oxygens (including phenoxy) is 1. The lowest BCUT2D eigenvalue weighted by atomic mass is 9.91. The zero-order valence-corrected chi connectivity index (χ0v) is 14.5. The Balaban J connectivity index is 0.00000176. The van der Waals surface area contributed by atoms with Gasteiger partial charge in [-0.2, -0.15) is 0 Å². The van der Waals surface area contributed by atoms with Gasteiger partial charge >= 0.3 is 0 Å². The van der Waals surface area contributed by atoms with Gasteiger partial charge in [-0.25, -0.2) is 0 Å². The molecule has 0 unspecified atom stereocenters. The summed E-state index contributed by atoms with van der Waals surface area (Å²) < 4.78 is 6.21. The Morgan fingerprint density at radius 3 is 2.27 bits per heavy atom. The van der Waals surface area contributed by atoms with Crippen molar-refractivity contribution in [2.45, 2.75) is 13.0 Å². The van der Waals surface area contributed by atoms with Crippen molar-refractivity contribution in [3.8, 4) is 5.75 Å². The van der Waals surface area contributed by atoms with E-state index in [1.54, 1.807) is 0 Å². The molecule has 0 bridgehead atoms. The molecule has 1 fully saturated rings. The second-order valence-corrected chi connectivity index (χ2v) is 6.26. The second-order valence-electron chi connectivity index (χ2n) is 5.44. The summed E-state index contributed by atoms with van der Waals surface area (Å²) in [7, 11) is 0. The van der Waals surface area contributed by atoms with E-state index in [4.69, 9.17) is 27.9 Å². The zero-order valence-electron chi connectivity index (χ0n) is 12.2. The molecule has 1 heterocycles. The van der Waals surface area contributed by atoms with Crippen LogP contribution in [-0.4, -0.2) is 13.1 Å². The van der Waals surface area contributed by atoms with Crippen molar-refractivity contribution in [1.29, 1.82) is 0 Å². The Morgan fingerprint density at radius 1 is 1.05 bits per heavy atom. The topological polar surface area (TPSA) is 21.3 Å². The van der Waals surface area contributed by atoms with Gasteiger partial charge < -0.3 is 10.1 Å². The van der Waals surface area contributed by atoms with Crippen LogP contribution < -0.4 is 10.1 Å². The molecule has 0 aromatic heterocycles. The molecule has 0 aliphatic carbocycles. The van der Waals surface area contributed by atoms with E-state index in [1.165, 1.54) is 5.56 Å². The molecule has 0 amide bonds. The Bertz CT molecular complexity index is 626. The van der Waals surface area contributed by atoms with E-state index in [-0.39, 0.29) is 18.5 Å². The third-order valence-electron chi connectivity index (χ3n) is 3.80. The average molecular weight is 359 g/mol. The highest BCUT2D eigenvalue weighted by atomic mass is 35.5.